The average Bonchev–Trinajstić information content (AvgIpc) is 3.16. The van der Waals surface area contributed by atoms with Crippen LogP contribution in [0.4, 0.5) is 8.78 Å². The van der Waals surface area contributed by atoms with Gasteiger partial charge in [-0.1, -0.05) is 17.4 Å². The van der Waals surface area contributed by atoms with Crippen LogP contribution in [0.3, 0.4) is 0 Å². The highest BCUT2D eigenvalue weighted by molar-refractivity contribution is 7.89. The lowest BCUT2D eigenvalue weighted by Gasteiger charge is -2.30. The Hall–Kier alpha value is -2.47. The van der Waals surface area contributed by atoms with E-state index in [-0.39, 0.29) is 18.0 Å². The second-order valence-corrected chi connectivity index (χ2v) is 10.7. The molecule has 0 saturated carbocycles. The number of sulfonamides is 1. The van der Waals surface area contributed by atoms with E-state index in [0.29, 0.717) is 41.0 Å². The Morgan fingerprint density at radius 1 is 1.21 bits per heavy atom. The predicted octanol–water partition coefficient (Wildman–Crippen LogP) is 3.16. The van der Waals surface area contributed by atoms with E-state index in [1.807, 2.05) is 0 Å². The van der Waals surface area contributed by atoms with Gasteiger partial charge in [0.15, 0.2) is 4.80 Å². The third-order valence-electron chi connectivity index (χ3n) is 5.56. The first-order valence-corrected chi connectivity index (χ1v) is 12.7. The number of benzene rings is 2. The van der Waals surface area contributed by atoms with Crippen LogP contribution in [0.1, 0.15) is 12.8 Å². The summed E-state index contributed by atoms with van der Waals surface area (Å²) in [6, 6.07) is 9.31. The molecule has 33 heavy (non-hydrogen) atoms. The van der Waals surface area contributed by atoms with Gasteiger partial charge in [0, 0.05) is 26.7 Å². The molecule has 1 amide bonds. The number of nitrogens with zero attached hydrogens (tertiary/aromatic N) is 3. The van der Waals surface area contributed by atoms with Crippen LogP contribution in [-0.2, 0) is 26.1 Å². The molecule has 0 spiro atoms. The summed E-state index contributed by atoms with van der Waals surface area (Å²) in [5, 5.41) is 0. The SMILES string of the molecule is COCCn1c(=NC(=O)C2CCCN(S(=O)(=O)c3ccc(F)cc3)C2)sc2cccc(F)c21. The van der Waals surface area contributed by atoms with Crippen molar-refractivity contribution >= 4 is 37.5 Å². The topological polar surface area (TPSA) is 81.0 Å². The molecule has 0 radical (unpaired) electrons. The minimum Gasteiger partial charge on any atom is -0.383 e. The number of piperidine rings is 1. The van der Waals surface area contributed by atoms with Gasteiger partial charge in [0.2, 0.25) is 10.0 Å². The maximum Gasteiger partial charge on any atom is 0.252 e. The Labute approximate surface area is 194 Å². The maximum absolute atomic E-state index is 14.5. The van der Waals surface area contributed by atoms with Crippen LogP contribution in [-0.4, -0.2) is 50.0 Å². The minimum absolute atomic E-state index is 0.0145. The monoisotopic (exact) mass is 495 g/mol. The molecule has 2 heterocycles. The Morgan fingerprint density at radius 2 is 1.97 bits per heavy atom. The lowest BCUT2D eigenvalue weighted by Crippen LogP contribution is -2.42. The van der Waals surface area contributed by atoms with E-state index in [4.69, 9.17) is 4.74 Å². The maximum atomic E-state index is 14.5. The van der Waals surface area contributed by atoms with Crippen LogP contribution in [0.2, 0.25) is 0 Å². The van der Waals surface area contributed by atoms with Gasteiger partial charge in [0.1, 0.15) is 11.6 Å². The summed E-state index contributed by atoms with van der Waals surface area (Å²) in [7, 11) is -2.33. The second-order valence-electron chi connectivity index (χ2n) is 7.72. The van der Waals surface area contributed by atoms with Gasteiger partial charge in [-0.15, -0.1) is 0 Å². The number of methoxy groups -OCH3 is 1. The zero-order valence-electron chi connectivity index (χ0n) is 17.9. The Bertz CT molecular complexity index is 1330. The zero-order valence-corrected chi connectivity index (χ0v) is 19.5. The fraction of sp³-hybridized carbons (Fsp3) is 0.364. The summed E-state index contributed by atoms with van der Waals surface area (Å²) < 4.78 is 62.2. The van der Waals surface area contributed by atoms with Crippen molar-refractivity contribution in [2.75, 3.05) is 26.8 Å². The van der Waals surface area contributed by atoms with E-state index in [1.54, 1.807) is 16.7 Å². The molecule has 1 aromatic heterocycles. The standard InChI is InChI=1S/C22H23F2N3O4S2/c1-31-13-12-27-20-18(24)5-2-6-19(20)32-22(27)25-21(28)15-4-3-11-26(14-15)33(29,30)17-9-7-16(23)8-10-17/h2,5-10,15H,3-4,11-14H2,1H3. The quantitative estimate of drug-likeness (QED) is 0.526. The lowest BCUT2D eigenvalue weighted by atomic mass is 9.99. The first kappa shape index (κ1) is 23.7. The molecule has 176 valence electrons. The smallest absolute Gasteiger partial charge is 0.252 e. The third-order valence-corrected chi connectivity index (χ3v) is 8.48. The summed E-state index contributed by atoms with van der Waals surface area (Å²) >= 11 is 1.20. The van der Waals surface area contributed by atoms with Gasteiger partial charge in [-0.3, -0.25) is 4.79 Å². The molecule has 1 unspecified atom stereocenters. The molecule has 4 rings (SSSR count). The van der Waals surface area contributed by atoms with Gasteiger partial charge in [-0.25, -0.2) is 17.2 Å². The van der Waals surface area contributed by atoms with Crippen molar-refractivity contribution in [3.8, 4) is 0 Å². The summed E-state index contributed by atoms with van der Waals surface area (Å²) in [6.07, 6.45) is 0.992. The molecule has 0 bridgehead atoms. The van der Waals surface area contributed by atoms with Crippen LogP contribution in [0.15, 0.2) is 52.4 Å². The molecular formula is C22H23F2N3O4S2. The molecule has 1 saturated heterocycles. The van der Waals surface area contributed by atoms with Crippen molar-refractivity contribution in [1.29, 1.82) is 0 Å². The average molecular weight is 496 g/mol. The van der Waals surface area contributed by atoms with Crippen molar-refractivity contribution in [1.82, 2.24) is 8.87 Å². The molecule has 0 N–H and O–H groups in total. The zero-order chi connectivity index (χ0) is 23.6. The molecule has 1 fully saturated rings. The first-order valence-electron chi connectivity index (χ1n) is 10.4. The van der Waals surface area contributed by atoms with Gasteiger partial charge in [-0.2, -0.15) is 9.30 Å². The fourth-order valence-electron chi connectivity index (χ4n) is 3.87. The van der Waals surface area contributed by atoms with E-state index in [0.717, 1.165) is 12.1 Å². The Balaban J connectivity index is 1.63. The normalized spacial score (nSPS) is 18.2. The van der Waals surface area contributed by atoms with Crippen molar-refractivity contribution in [3.05, 3.63) is 58.9 Å². The molecular weight excluding hydrogens is 472 g/mol. The number of halogens is 2. The third kappa shape index (κ3) is 4.91. The van der Waals surface area contributed by atoms with Crippen molar-refractivity contribution in [2.45, 2.75) is 24.3 Å². The number of carbonyl (C=O) groups is 1. The van der Waals surface area contributed by atoms with Crippen LogP contribution in [0, 0.1) is 17.6 Å². The number of amides is 1. The van der Waals surface area contributed by atoms with Gasteiger partial charge in [0.25, 0.3) is 5.91 Å². The number of para-hydroxylation sites is 1. The second kappa shape index (κ2) is 9.80. The lowest BCUT2D eigenvalue weighted by molar-refractivity contribution is -0.122. The molecule has 7 nitrogen and oxygen atoms in total. The van der Waals surface area contributed by atoms with Crippen LogP contribution in [0.25, 0.3) is 10.2 Å². The Morgan fingerprint density at radius 3 is 2.70 bits per heavy atom. The summed E-state index contributed by atoms with van der Waals surface area (Å²) in [5.74, 6) is -2.02. The number of carbonyl (C=O) groups excluding carboxylic acids is 1. The van der Waals surface area contributed by atoms with Crippen molar-refractivity contribution in [2.24, 2.45) is 10.9 Å². The molecule has 1 aliphatic heterocycles. The van der Waals surface area contributed by atoms with Crippen LogP contribution >= 0.6 is 11.3 Å². The molecule has 2 aromatic carbocycles. The van der Waals surface area contributed by atoms with Crippen LogP contribution in [0.5, 0.6) is 0 Å². The van der Waals surface area contributed by atoms with Gasteiger partial charge in [-0.05, 0) is 49.2 Å². The summed E-state index contributed by atoms with van der Waals surface area (Å²) in [4.78, 5) is 17.6. The number of aromatic nitrogens is 1. The van der Waals surface area contributed by atoms with Crippen LogP contribution < -0.4 is 4.80 Å². The van der Waals surface area contributed by atoms with Crippen molar-refractivity contribution < 1.29 is 26.7 Å². The number of thiazole rings is 1. The summed E-state index contributed by atoms with van der Waals surface area (Å²) in [6.45, 7) is 0.888. The van der Waals surface area contributed by atoms with Crippen molar-refractivity contribution in [3.63, 3.8) is 0 Å². The molecule has 1 aliphatic rings. The molecule has 11 heteroatoms. The molecule has 0 aliphatic carbocycles. The number of ether oxygens (including phenoxy) is 1. The van der Waals surface area contributed by atoms with E-state index in [9.17, 15) is 22.0 Å². The van der Waals surface area contributed by atoms with E-state index in [2.05, 4.69) is 4.99 Å². The van der Waals surface area contributed by atoms with E-state index < -0.39 is 33.5 Å². The number of hydrogen-bond acceptors (Lipinski definition) is 5. The highest BCUT2D eigenvalue weighted by atomic mass is 32.2. The Kier molecular flexibility index (Phi) is 7.03. The minimum atomic E-state index is -3.86. The fourth-order valence-corrected chi connectivity index (χ4v) is 6.47. The molecule has 1 atom stereocenters. The first-order chi connectivity index (χ1) is 15.8. The van der Waals surface area contributed by atoms with E-state index >= 15 is 0 Å². The van der Waals surface area contributed by atoms with Gasteiger partial charge >= 0.3 is 0 Å². The number of hydrogen-bond donors (Lipinski definition) is 0. The van der Waals surface area contributed by atoms with Gasteiger partial charge in [0.05, 0.1) is 27.6 Å². The van der Waals surface area contributed by atoms with Gasteiger partial charge < -0.3 is 9.30 Å². The number of fused-ring (bicyclic) bond motifs is 1. The molecule has 3 aromatic rings. The number of rotatable bonds is 6. The predicted molar refractivity (Wildman–Crippen MR) is 120 cm³/mol. The largest absolute Gasteiger partial charge is 0.383 e. The van der Waals surface area contributed by atoms with E-state index in [1.165, 1.54) is 41.0 Å². The highest BCUT2D eigenvalue weighted by Crippen LogP contribution is 2.25. The summed E-state index contributed by atoms with van der Waals surface area (Å²) in [5.41, 5.74) is 0.357. The highest BCUT2D eigenvalue weighted by Gasteiger charge is 2.33.